The molecule has 0 saturated carbocycles. The van der Waals surface area contributed by atoms with E-state index in [2.05, 4.69) is 32.2 Å². The third kappa shape index (κ3) is 6.34. The fraction of sp³-hybridized carbons (Fsp3) is 0.455. The van der Waals surface area contributed by atoms with Gasteiger partial charge in [0.05, 0.1) is 30.7 Å². The number of ether oxygens (including phenoxy) is 2. The number of anilines is 1. The lowest BCUT2D eigenvalue weighted by Gasteiger charge is -2.43. The van der Waals surface area contributed by atoms with Crippen LogP contribution in [0.1, 0.15) is 38.2 Å². The Balaban J connectivity index is 0.000000557. The number of halogens is 2. The molecule has 0 aliphatic carbocycles. The summed E-state index contributed by atoms with van der Waals surface area (Å²) in [5, 5.41) is 25.2. The number of alkyl carbamates (subject to hydrolysis) is 1. The first-order valence-electron chi connectivity index (χ1n) is 15.5. The zero-order chi connectivity index (χ0) is 32.6. The van der Waals surface area contributed by atoms with E-state index in [9.17, 15) is 15.0 Å². The van der Waals surface area contributed by atoms with Crippen LogP contribution in [-0.4, -0.2) is 94.7 Å². The van der Waals surface area contributed by atoms with Gasteiger partial charge in [0, 0.05) is 24.8 Å². The number of fused-ring (bicyclic) bond motifs is 6. The number of aromatic nitrogens is 3. The molecule has 3 N–H and O–H groups in total. The molecule has 13 heteroatoms. The molecule has 2 fully saturated rings. The second kappa shape index (κ2) is 12.8. The van der Waals surface area contributed by atoms with Crippen LogP contribution in [-0.2, 0) is 11.2 Å². The van der Waals surface area contributed by atoms with Crippen molar-refractivity contribution in [2.45, 2.75) is 50.7 Å². The molecule has 2 aromatic heterocycles. The number of aromatic hydroxyl groups is 1. The van der Waals surface area contributed by atoms with Gasteiger partial charge in [-0.05, 0) is 93.7 Å². The van der Waals surface area contributed by atoms with Gasteiger partial charge in [-0.3, -0.25) is 4.98 Å². The number of hydrogen-bond donors (Lipinski definition) is 3. The summed E-state index contributed by atoms with van der Waals surface area (Å²) in [6, 6.07) is 5.48. The number of phenols is 1. The van der Waals surface area contributed by atoms with Crippen LogP contribution in [0.25, 0.3) is 32.9 Å². The normalized spacial score (nSPS) is 21.9. The molecule has 2 aromatic carbocycles. The van der Waals surface area contributed by atoms with Crippen LogP contribution in [0.4, 0.5) is 19.4 Å². The predicted octanol–water partition coefficient (Wildman–Crippen LogP) is 4.55. The largest absolute Gasteiger partial charge is 0.508 e. The molecule has 6 bridgehead atoms. The smallest absolute Gasteiger partial charge is 0.407 e. The Labute approximate surface area is 265 Å². The third-order valence-corrected chi connectivity index (χ3v) is 8.73. The highest BCUT2D eigenvalue weighted by atomic mass is 19.1. The number of nitrogens with zero attached hydrogens (tertiary/aromatic N) is 5. The Morgan fingerprint density at radius 1 is 1.15 bits per heavy atom. The lowest BCUT2D eigenvalue weighted by Crippen LogP contribution is -2.61. The molecule has 4 aliphatic rings. The van der Waals surface area contributed by atoms with Gasteiger partial charge in [-0.1, -0.05) is 6.07 Å². The maximum absolute atomic E-state index is 16.4. The maximum atomic E-state index is 16.4. The van der Waals surface area contributed by atoms with Crippen LogP contribution in [0.2, 0.25) is 0 Å². The zero-order valence-electron chi connectivity index (χ0n) is 26.1. The van der Waals surface area contributed by atoms with E-state index in [1.807, 2.05) is 0 Å². The van der Waals surface area contributed by atoms with Gasteiger partial charge in [0.15, 0.2) is 5.82 Å². The monoisotopic (exact) mass is 636 g/mol. The molecule has 0 radical (unpaired) electrons. The summed E-state index contributed by atoms with van der Waals surface area (Å²) < 4.78 is 42.3. The first-order valence-corrected chi connectivity index (χ1v) is 15.5. The highest BCUT2D eigenvalue weighted by Gasteiger charge is 2.39. The van der Waals surface area contributed by atoms with E-state index in [0.29, 0.717) is 10.8 Å². The van der Waals surface area contributed by atoms with Crippen molar-refractivity contribution in [1.29, 1.82) is 0 Å². The van der Waals surface area contributed by atoms with E-state index in [0.717, 1.165) is 0 Å². The predicted molar refractivity (Wildman–Crippen MR) is 169 cm³/mol. The number of carbonyl (C=O) groups excluding carboxylic acids is 1. The first-order chi connectivity index (χ1) is 22.0. The molecule has 0 spiro atoms. The number of carbonyl (C=O) groups is 1. The average Bonchev–Trinajstić information content (AvgIpc) is 3.49. The number of pyridine rings is 1. The Hall–Kier alpha value is -4.36. The fourth-order valence-electron chi connectivity index (χ4n) is 6.69. The number of aliphatic hydroxyl groups is 1. The number of piperidine rings is 1. The molecule has 4 aromatic rings. The summed E-state index contributed by atoms with van der Waals surface area (Å²) in [6.45, 7) is 4.79. The highest BCUT2D eigenvalue weighted by Crippen LogP contribution is 2.40. The minimum Gasteiger partial charge on any atom is -0.508 e. The molecule has 4 aliphatic heterocycles. The van der Waals surface area contributed by atoms with E-state index in [-0.39, 0.29) is 84.3 Å². The van der Waals surface area contributed by atoms with Gasteiger partial charge in [0.1, 0.15) is 28.6 Å². The van der Waals surface area contributed by atoms with Gasteiger partial charge in [-0.15, -0.1) is 0 Å². The molecule has 244 valence electrons. The van der Waals surface area contributed by atoms with Crippen LogP contribution in [0.3, 0.4) is 0 Å². The average molecular weight is 637 g/mol. The SMILES string of the molecule is CN1CCCC1.COc1nc2c3cnc(c(F)c3n1)-c1cc(O)cc3ccc(F)c(c13)CCCOC(=O)NC1(C)CC(O)CN2C1. The number of aryl methyl sites for hydroxylation is 1. The Morgan fingerprint density at radius 3 is 2.65 bits per heavy atom. The molecule has 46 heavy (non-hydrogen) atoms. The van der Waals surface area contributed by atoms with Crippen molar-refractivity contribution in [2.24, 2.45) is 0 Å². The van der Waals surface area contributed by atoms with Gasteiger partial charge in [0.2, 0.25) is 0 Å². The standard InChI is InChI=1S/C28H27F2N5O5.C5H11N/c1-28-10-16(37)12-35(13-28)25-19-11-31-23(22(30)24(19)32-26(33-25)39-2)18-9-15(36)8-14-5-6-20(29)17(21(14)18)4-3-7-40-27(38)34-28;1-6-4-2-3-5-6/h5-6,8-9,11,16,36-37H,3-4,7,10,12-13H2,1-2H3,(H,34,38);2-5H2,1H3. The second-order valence-corrected chi connectivity index (χ2v) is 12.5. The van der Waals surface area contributed by atoms with Gasteiger partial charge in [0.25, 0.3) is 0 Å². The molecule has 2 saturated heterocycles. The number of amides is 1. The van der Waals surface area contributed by atoms with E-state index in [1.54, 1.807) is 11.8 Å². The number of aliphatic hydroxyl groups excluding tert-OH is 1. The summed E-state index contributed by atoms with van der Waals surface area (Å²) in [5.41, 5.74) is -0.676. The van der Waals surface area contributed by atoms with Crippen LogP contribution >= 0.6 is 0 Å². The van der Waals surface area contributed by atoms with E-state index < -0.39 is 29.4 Å². The summed E-state index contributed by atoms with van der Waals surface area (Å²) >= 11 is 0. The van der Waals surface area contributed by atoms with Crippen molar-refractivity contribution in [3.63, 3.8) is 0 Å². The van der Waals surface area contributed by atoms with Gasteiger partial charge in [-0.2, -0.15) is 9.97 Å². The highest BCUT2D eigenvalue weighted by molar-refractivity contribution is 6.01. The van der Waals surface area contributed by atoms with Gasteiger partial charge < -0.3 is 34.8 Å². The number of methoxy groups -OCH3 is 1. The molecule has 1 amide bonds. The fourth-order valence-corrected chi connectivity index (χ4v) is 6.69. The number of hydrogen-bond acceptors (Lipinski definition) is 10. The minimum absolute atomic E-state index is 0.000233. The van der Waals surface area contributed by atoms with Crippen molar-refractivity contribution >= 4 is 33.6 Å². The van der Waals surface area contributed by atoms with Crippen LogP contribution < -0.4 is 15.0 Å². The topological polar surface area (TPSA) is 133 Å². The number of nitrogens with one attached hydrogen (secondary N) is 1. The second-order valence-electron chi connectivity index (χ2n) is 12.5. The van der Waals surface area contributed by atoms with Crippen molar-refractivity contribution in [1.82, 2.24) is 25.2 Å². The third-order valence-electron chi connectivity index (χ3n) is 8.73. The van der Waals surface area contributed by atoms with E-state index in [1.165, 1.54) is 63.5 Å². The summed E-state index contributed by atoms with van der Waals surface area (Å²) in [6.07, 6.45) is 3.43. The lowest BCUT2D eigenvalue weighted by atomic mass is 9.89. The molecule has 6 heterocycles. The van der Waals surface area contributed by atoms with Gasteiger partial charge >= 0.3 is 12.1 Å². The molecule has 8 rings (SSSR count). The van der Waals surface area contributed by atoms with Crippen LogP contribution in [0, 0.1) is 11.6 Å². The quantitative estimate of drug-likeness (QED) is 0.273. The van der Waals surface area contributed by atoms with Crippen LogP contribution in [0.15, 0.2) is 30.5 Å². The van der Waals surface area contributed by atoms with Crippen molar-refractivity contribution < 1.29 is 33.3 Å². The van der Waals surface area contributed by atoms with E-state index >= 15 is 8.78 Å². The molecule has 2 atom stereocenters. The summed E-state index contributed by atoms with van der Waals surface area (Å²) in [5.74, 6) is -1.20. The molecule has 11 nitrogen and oxygen atoms in total. The Kier molecular flexibility index (Phi) is 8.80. The summed E-state index contributed by atoms with van der Waals surface area (Å²) in [7, 11) is 3.53. The Morgan fingerprint density at radius 2 is 1.93 bits per heavy atom. The number of rotatable bonds is 1. The lowest BCUT2D eigenvalue weighted by molar-refractivity contribution is 0.0916. The first kappa shape index (κ1) is 31.6. The molecule has 2 unspecified atom stereocenters. The minimum atomic E-state index is -0.912. The van der Waals surface area contributed by atoms with Crippen molar-refractivity contribution in [2.75, 3.05) is 51.8 Å². The Bertz CT molecular complexity index is 1790. The zero-order valence-corrected chi connectivity index (χ0v) is 26.1. The molecular formula is C33H38F2N6O5. The van der Waals surface area contributed by atoms with Crippen LogP contribution in [0.5, 0.6) is 11.8 Å². The number of benzene rings is 2. The maximum Gasteiger partial charge on any atom is 0.407 e. The van der Waals surface area contributed by atoms with Gasteiger partial charge in [-0.25, -0.2) is 13.6 Å². The number of likely N-dealkylation sites (tertiary alicyclic amines) is 1. The summed E-state index contributed by atoms with van der Waals surface area (Å²) in [4.78, 5) is 29.9. The van der Waals surface area contributed by atoms with Crippen molar-refractivity contribution in [3.8, 4) is 23.0 Å². The number of phenolic OH excluding ortho intramolecular Hbond substituents is 1. The van der Waals surface area contributed by atoms with E-state index in [4.69, 9.17) is 9.47 Å². The van der Waals surface area contributed by atoms with Crippen molar-refractivity contribution in [3.05, 3.63) is 47.7 Å². The molecular weight excluding hydrogens is 598 g/mol.